The Morgan fingerprint density at radius 1 is 1.21 bits per heavy atom. The number of anilines is 1. The number of halogens is 1. The van der Waals surface area contributed by atoms with E-state index in [0.29, 0.717) is 12.1 Å². The van der Waals surface area contributed by atoms with Crippen molar-refractivity contribution in [3.8, 4) is 0 Å². The lowest BCUT2D eigenvalue weighted by Gasteiger charge is -2.31. The zero-order valence-corrected chi connectivity index (χ0v) is 21.7. The minimum absolute atomic E-state index is 0.0260. The summed E-state index contributed by atoms with van der Waals surface area (Å²) in [7, 11) is -3.99. The van der Waals surface area contributed by atoms with E-state index in [1.165, 1.54) is 17.0 Å². The van der Waals surface area contributed by atoms with Gasteiger partial charge in [-0.1, -0.05) is 34.1 Å². The maximum atomic E-state index is 13.4. The first-order chi connectivity index (χ1) is 15.8. The second-order valence-corrected chi connectivity index (χ2v) is 10.5. The zero-order chi connectivity index (χ0) is 25.6. The van der Waals surface area contributed by atoms with Crippen molar-refractivity contribution in [1.29, 1.82) is 0 Å². The van der Waals surface area contributed by atoms with Crippen molar-refractivity contribution in [3.05, 3.63) is 68.2 Å². The number of carbonyl (C=O) groups excluding carboxylic acids is 2. The number of likely N-dealkylation sites (N-methyl/N-ethyl adjacent to an activating group) is 1. The second kappa shape index (κ2) is 11.4. The van der Waals surface area contributed by atoms with Crippen molar-refractivity contribution in [2.45, 2.75) is 33.4 Å². The summed E-state index contributed by atoms with van der Waals surface area (Å²) in [5.74, 6) is -1.02. The molecular formula is C22H27BrN4O6S. The summed E-state index contributed by atoms with van der Waals surface area (Å²) in [5.41, 5.74) is 0.900. The molecule has 34 heavy (non-hydrogen) atoms. The van der Waals surface area contributed by atoms with Crippen molar-refractivity contribution in [3.63, 3.8) is 0 Å². The third-order valence-corrected chi connectivity index (χ3v) is 6.73. The molecule has 0 radical (unpaired) electrons. The molecule has 2 rings (SSSR count). The fourth-order valence-corrected chi connectivity index (χ4v) is 4.66. The highest BCUT2D eigenvalue weighted by Crippen LogP contribution is 2.28. The van der Waals surface area contributed by atoms with E-state index in [9.17, 15) is 28.1 Å². The maximum absolute atomic E-state index is 13.4. The Hall–Kier alpha value is -2.99. The SMILES string of the molecule is CCNC(=O)[C@@H](C)N(Cc1cccc(Br)c1)C(=O)CN(c1cc([N+](=O)[O-])ccc1C)S(C)(=O)=O. The molecule has 0 heterocycles. The number of nitrogens with one attached hydrogen (secondary N) is 1. The number of nitro benzene ring substituents is 1. The number of nitrogens with zero attached hydrogens (tertiary/aromatic N) is 3. The number of amides is 2. The minimum atomic E-state index is -3.99. The van der Waals surface area contributed by atoms with Gasteiger partial charge in [-0.3, -0.25) is 24.0 Å². The Morgan fingerprint density at radius 3 is 2.44 bits per heavy atom. The van der Waals surface area contributed by atoms with Crippen LogP contribution in [0.25, 0.3) is 0 Å². The molecule has 0 saturated heterocycles. The fourth-order valence-electron chi connectivity index (χ4n) is 3.31. The Kier molecular flexibility index (Phi) is 9.16. The molecule has 0 spiro atoms. The van der Waals surface area contributed by atoms with Crippen LogP contribution in [0.5, 0.6) is 0 Å². The summed E-state index contributed by atoms with van der Waals surface area (Å²) < 4.78 is 26.9. The molecule has 0 aliphatic rings. The smallest absolute Gasteiger partial charge is 0.271 e. The largest absolute Gasteiger partial charge is 0.355 e. The van der Waals surface area contributed by atoms with E-state index in [4.69, 9.17) is 0 Å². The van der Waals surface area contributed by atoms with Gasteiger partial charge in [-0.25, -0.2) is 8.42 Å². The van der Waals surface area contributed by atoms with E-state index in [1.807, 2.05) is 6.07 Å². The summed E-state index contributed by atoms with van der Waals surface area (Å²) in [6.07, 6.45) is 0.921. The van der Waals surface area contributed by atoms with Crippen LogP contribution < -0.4 is 9.62 Å². The maximum Gasteiger partial charge on any atom is 0.271 e. The highest BCUT2D eigenvalue weighted by Gasteiger charge is 2.31. The molecule has 2 aromatic carbocycles. The molecule has 2 aromatic rings. The van der Waals surface area contributed by atoms with Crippen LogP contribution in [0, 0.1) is 17.0 Å². The lowest BCUT2D eigenvalue weighted by atomic mass is 10.1. The summed E-state index contributed by atoms with van der Waals surface area (Å²) in [6, 6.07) is 10.1. The minimum Gasteiger partial charge on any atom is -0.355 e. The molecule has 1 atom stereocenters. The van der Waals surface area contributed by atoms with Gasteiger partial charge in [0.15, 0.2) is 0 Å². The Morgan fingerprint density at radius 2 is 1.88 bits per heavy atom. The number of non-ortho nitro benzene ring substituents is 1. The van der Waals surface area contributed by atoms with E-state index in [0.717, 1.165) is 26.7 Å². The van der Waals surface area contributed by atoms with Gasteiger partial charge in [-0.15, -0.1) is 0 Å². The summed E-state index contributed by atoms with van der Waals surface area (Å²) >= 11 is 3.38. The van der Waals surface area contributed by atoms with Gasteiger partial charge in [0.25, 0.3) is 5.69 Å². The van der Waals surface area contributed by atoms with Gasteiger partial charge in [0.1, 0.15) is 12.6 Å². The lowest BCUT2D eigenvalue weighted by molar-refractivity contribution is -0.384. The zero-order valence-electron chi connectivity index (χ0n) is 19.3. The predicted octanol–water partition coefficient (Wildman–Crippen LogP) is 2.99. The summed E-state index contributed by atoms with van der Waals surface area (Å²) in [6.45, 7) is 4.70. The van der Waals surface area contributed by atoms with Crippen LogP contribution in [-0.4, -0.2) is 55.4 Å². The topological polar surface area (TPSA) is 130 Å². The van der Waals surface area contributed by atoms with E-state index in [2.05, 4.69) is 21.2 Å². The van der Waals surface area contributed by atoms with E-state index in [1.54, 1.807) is 39.0 Å². The molecule has 184 valence electrons. The highest BCUT2D eigenvalue weighted by molar-refractivity contribution is 9.10. The number of sulfonamides is 1. The van der Waals surface area contributed by atoms with Crippen molar-refractivity contribution in [1.82, 2.24) is 10.2 Å². The number of rotatable bonds is 10. The third kappa shape index (κ3) is 7.00. The first-order valence-corrected chi connectivity index (χ1v) is 13.0. The van der Waals surface area contributed by atoms with Crippen molar-refractivity contribution in [2.75, 3.05) is 23.7 Å². The van der Waals surface area contributed by atoms with Gasteiger partial charge in [0.2, 0.25) is 21.8 Å². The molecule has 0 aliphatic heterocycles. The molecule has 10 nitrogen and oxygen atoms in total. The van der Waals surface area contributed by atoms with Gasteiger partial charge in [-0.2, -0.15) is 0 Å². The lowest BCUT2D eigenvalue weighted by Crippen LogP contribution is -2.51. The average Bonchev–Trinajstić information content (AvgIpc) is 2.75. The highest BCUT2D eigenvalue weighted by atomic mass is 79.9. The molecule has 0 fully saturated rings. The number of aryl methyl sites for hydroxylation is 1. The number of nitro groups is 1. The first kappa shape index (κ1) is 27.3. The van der Waals surface area contributed by atoms with Gasteiger partial charge < -0.3 is 10.2 Å². The molecule has 2 amide bonds. The van der Waals surface area contributed by atoms with E-state index < -0.39 is 33.4 Å². The van der Waals surface area contributed by atoms with Crippen LogP contribution in [0.2, 0.25) is 0 Å². The summed E-state index contributed by atoms with van der Waals surface area (Å²) in [5, 5.41) is 13.9. The van der Waals surface area contributed by atoms with Crippen LogP contribution in [0.4, 0.5) is 11.4 Å². The van der Waals surface area contributed by atoms with Crippen LogP contribution in [0.1, 0.15) is 25.0 Å². The molecule has 1 N–H and O–H groups in total. The number of carbonyl (C=O) groups is 2. The van der Waals surface area contributed by atoms with Crippen molar-refractivity contribution < 1.29 is 22.9 Å². The third-order valence-electron chi connectivity index (χ3n) is 5.11. The molecule has 0 aliphatic carbocycles. The van der Waals surface area contributed by atoms with Crippen LogP contribution in [-0.2, 0) is 26.2 Å². The Balaban J connectivity index is 2.48. The molecule has 12 heteroatoms. The normalized spacial score (nSPS) is 12.0. The van der Waals surface area contributed by atoms with Gasteiger partial charge >= 0.3 is 0 Å². The second-order valence-electron chi connectivity index (χ2n) is 7.72. The average molecular weight is 555 g/mol. The van der Waals surface area contributed by atoms with Crippen molar-refractivity contribution in [2.24, 2.45) is 0 Å². The number of hydrogen-bond acceptors (Lipinski definition) is 6. The molecule has 0 bridgehead atoms. The molecular weight excluding hydrogens is 528 g/mol. The van der Waals surface area contributed by atoms with E-state index in [-0.39, 0.29) is 23.8 Å². The van der Waals surface area contributed by atoms with E-state index >= 15 is 0 Å². The summed E-state index contributed by atoms with van der Waals surface area (Å²) in [4.78, 5) is 37.9. The number of hydrogen-bond donors (Lipinski definition) is 1. The Labute approximate surface area is 207 Å². The standard InChI is InChI=1S/C22H27BrN4O6S/c1-5-24-22(29)16(3)25(13-17-7-6-8-18(23)11-17)21(28)14-26(34(4,32)33)20-12-19(27(30)31)10-9-15(20)2/h6-12,16H,5,13-14H2,1-4H3,(H,24,29)/t16-/m1/s1. The van der Waals surface area contributed by atoms with Crippen LogP contribution in [0.3, 0.4) is 0 Å². The van der Waals surface area contributed by atoms with Crippen molar-refractivity contribution >= 4 is 49.1 Å². The van der Waals surface area contributed by atoms with Crippen LogP contribution in [0.15, 0.2) is 46.9 Å². The fraction of sp³-hybridized carbons (Fsp3) is 0.364. The first-order valence-electron chi connectivity index (χ1n) is 10.4. The molecule has 0 saturated carbocycles. The number of benzene rings is 2. The Bertz CT molecular complexity index is 1190. The molecule has 0 unspecified atom stereocenters. The predicted molar refractivity (Wildman–Crippen MR) is 133 cm³/mol. The monoisotopic (exact) mass is 554 g/mol. The quantitative estimate of drug-likeness (QED) is 0.355. The van der Waals surface area contributed by atoms with Gasteiger partial charge in [0, 0.05) is 29.7 Å². The van der Waals surface area contributed by atoms with Crippen LogP contribution >= 0.6 is 15.9 Å². The molecule has 0 aromatic heterocycles. The van der Waals surface area contributed by atoms with Gasteiger partial charge in [0.05, 0.1) is 16.9 Å². The van der Waals surface area contributed by atoms with Gasteiger partial charge in [-0.05, 0) is 44.0 Å².